The molecule has 0 aliphatic carbocycles. The molecule has 0 unspecified atom stereocenters. The quantitative estimate of drug-likeness (QED) is 0.762. The smallest absolute Gasteiger partial charge is 0.253 e. The molecule has 0 heterocycles. The van der Waals surface area contributed by atoms with Crippen molar-refractivity contribution in [3.63, 3.8) is 0 Å². The monoisotopic (exact) mass is 376 g/mol. The predicted molar refractivity (Wildman–Crippen MR) is 105 cm³/mol. The Kier molecular flexibility index (Phi) is 6.51. The summed E-state index contributed by atoms with van der Waals surface area (Å²) < 4.78 is 0. The van der Waals surface area contributed by atoms with Gasteiger partial charge in [0.05, 0.1) is 17.1 Å². The Morgan fingerprint density at radius 3 is 2.32 bits per heavy atom. The Bertz CT molecular complexity index is 798. The second-order valence-electron chi connectivity index (χ2n) is 5.85. The summed E-state index contributed by atoms with van der Waals surface area (Å²) in [5.41, 5.74) is 4.28. The molecule has 2 aromatic carbocycles. The molecule has 25 heavy (non-hydrogen) atoms. The Hall–Kier alpha value is -1.98. The molecule has 0 saturated heterocycles. The molecule has 0 radical (unpaired) electrons. The van der Waals surface area contributed by atoms with Gasteiger partial charge in [0.25, 0.3) is 5.91 Å². The molecule has 4 nitrogen and oxygen atoms in total. The van der Waals surface area contributed by atoms with Gasteiger partial charge in [-0.05, 0) is 56.4 Å². The standard InChI is InChI=1S/C19H21ClN2O2S/c1-11-7-12(2)18(13(3)8-11)22-17(23)10-21-19(24)15-9-14(25-4)5-6-16(15)20/h5-9H,10H2,1-4H3,(H,21,24)(H,22,23). The number of thioether (sulfide) groups is 1. The molecular formula is C19H21ClN2O2S. The fraction of sp³-hybridized carbons (Fsp3) is 0.263. The van der Waals surface area contributed by atoms with Crippen molar-refractivity contribution < 1.29 is 9.59 Å². The number of carbonyl (C=O) groups is 2. The van der Waals surface area contributed by atoms with Crippen LogP contribution >= 0.6 is 23.4 Å². The van der Waals surface area contributed by atoms with E-state index in [1.54, 1.807) is 12.1 Å². The van der Waals surface area contributed by atoms with Crippen LogP contribution in [-0.4, -0.2) is 24.6 Å². The summed E-state index contributed by atoms with van der Waals surface area (Å²) in [5.74, 6) is -0.644. The maximum atomic E-state index is 12.3. The molecule has 0 bridgehead atoms. The van der Waals surface area contributed by atoms with Crippen molar-refractivity contribution in [1.82, 2.24) is 5.32 Å². The van der Waals surface area contributed by atoms with Gasteiger partial charge in [-0.1, -0.05) is 29.3 Å². The van der Waals surface area contributed by atoms with Crippen molar-refractivity contribution >= 4 is 40.9 Å². The first-order valence-corrected chi connectivity index (χ1v) is 9.41. The number of aryl methyl sites for hydroxylation is 3. The minimum atomic E-state index is -0.367. The highest BCUT2D eigenvalue weighted by molar-refractivity contribution is 7.98. The number of benzene rings is 2. The van der Waals surface area contributed by atoms with Crippen LogP contribution in [0.3, 0.4) is 0 Å². The van der Waals surface area contributed by atoms with Crippen molar-refractivity contribution in [2.75, 3.05) is 18.1 Å². The maximum Gasteiger partial charge on any atom is 0.253 e. The van der Waals surface area contributed by atoms with Crippen molar-refractivity contribution in [2.45, 2.75) is 25.7 Å². The number of amides is 2. The molecule has 2 rings (SSSR count). The summed E-state index contributed by atoms with van der Waals surface area (Å²) in [6.07, 6.45) is 1.92. The molecule has 2 amide bonds. The highest BCUT2D eigenvalue weighted by Gasteiger charge is 2.14. The van der Waals surface area contributed by atoms with E-state index in [2.05, 4.69) is 10.6 Å². The highest BCUT2D eigenvalue weighted by Crippen LogP contribution is 2.23. The van der Waals surface area contributed by atoms with Crippen LogP contribution in [0, 0.1) is 20.8 Å². The third-order valence-corrected chi connectivity index (χ3v) is 4.82. The number of anilines is 1. The van der Waals surface area contributed by atoms with Gasteiger partial charge in [-0.15, -0.1) is 11.8 Å². The molecule has 132 valence electrons. The average Bonchev–Trinajstić information content (AvgIpc) is 2.56. The van der Waals surface area contributed by atoms with Crippen molar-refractivity contribution in [3.8, 4) is 0 Å². The van der Waals surface area contributed by atoms with Crippen LogP contribution in [0.2, 0.25) is 5.02 Å². The number of hydrogen-bond acceptors (Lipinski definition) is 3. The summed E-state index contributed by atoms with van der Waals surface area (Å²) in [6, 6.07) is 9.26. The van der Waals surface area contributed by atoms with Crippen LogP contribution in [0.15, 0.2) is 35.2 Å². The average molecular weight is 377 g/mol. The van der Waals surface area contributed by atoms with E-state index in [1.807, 2.05) is 45.2 Å². The largest absolute Gasteiger partial charge is 0.343 e. The Balaban J connectivity index is 2.02. The third-order valence-electron chi connectivity index (χ3n) is 3.77. The number of rotatable bonds is 5. The fourth-order valence-electron chi connectivity index (χ4n) is 2.62. The van der Waals surface area contributed by atoms with Crippen LogP contribution in [-0.2, 0) is 4.79 Å². The van der Waals surface area contributed by atoms with Crippen LogP contribution in [0.1, 0.15) is 27.0 Å². The zero-order valence-electron chi connectivity index (χ0n) is 14.7. The van der Waals surface area contributed by atoms with Crippen LogP contribution < -0.4 is 10.6 Å². The van der Waals surface area contributed by atoms with E-state index in [0.717, 1.165) is 27.3 Å². The molecule has 6 heteroatoms. The lowest BCUT2D eigenvalue weighted by molar-refractivity contribution is -0.115. The van der Waals surface area contributed by atoms with E-state index in [0.29, 0.717) is 10.6 Å². The lowest BCUT2D eigenvalue weighted by Gasteiger charge is -2.13. The van der Waals surface area contributed by atoms with E-state index < -0.39 is 0 Å². The molecule has 2 aromatic rings. The van der Waals surface area contributed by atoms with Crippen LogP contribution in [0.25, 0.3) is 0 Å². The van der Waals surface area contributed by atoms with Crippen LogP contribution in [0.4, 0.5) is 5.69 Å². The Labute approximate surface area is 157 Å². The van der Waals surface area contributed by atoms with Crippen molar-refractivity contribution in [3.05, 3.63) is 57.6 Å². The first-order chi connectivity index (χ1) is 11.8. The van der Waals surface area contributed by atoms with Gasteiger partial charge in [0.1, 0.15) is 0 Å². The molecular weight excluding hydrogens is 356 g/mol. The van der Waals surface area contributed by atoms with Crippen molar-refractivity contribution in [1.29, 1.82) is 0 Å². The second kappa shape index (κ2) is 8.41. The van der Waals surface area contributed by atoms with Crippen LogP contribution in [0.5, 0.6) is 0 Å². The zero-order valence-corrected chi connectivity index (χ0v) is 16.3. The third kappa shape index (κ3) is 5.00. The lowest BCUT2D eigenvalue weighted by Crippen LogP contribution is -2.33. The number of nitrogens with one attached hydrogen (secondary N) is 2. The summed E-state index contributed by atoms with van der Waals surface area (Å²) in [7, 11) is 0. The summed E-state index contributed by atoms with van der Waals surface area (Å²) in [6.45, 7) is 5.79. The van der Waals surface area contributed by atoms with Gasteiger partial charge in [0.15, 0.2) is 0 Å². The molecule has 0 saturated carbocycles. The molecule has 2 N–H and O–H groups in total. The Morgan fingerprint density at radius 2 is 1.72 bits per heavy atom. The fourth-order valence-corrected chi connectivity index (χ4v) is 3.27. The van der Waals surface area contributed by atoms with Gasteiger partial charge >= 0.3 is 0 Å². The number of hydrogen-bond donors (Lipinski definition) is 2. The summed E-state index contributed by atoms with van der Waals surface area (Å²) >= 11 is 7.60. The van der Waals surface area contributed by atoms with Gasteiger partial charge in [0.2, 0.25) is 5.91 Å². The molecule has 0 spiro atoms. The van der Waals surface area contributed by atoms with Gasteiger partial charge in [0, 0.05) is 10.6 Å². The summed E-state index contributed by atoms with van der Waals surface area (Å²) in [4.78, 5) is 25.4. The van der Waals surface area contributed by atoms with E-state index in [4.69, 9.17) is 11.6 Å². The molecule has 0 aliphatic rings. The summed E-state index contributed by atoms with van der Waals surface area (Å²) in [5, 5.41) is 5.84. The number of carbonyl (C=O) groups excluding carboxylic acids is 2. The molecule has 0 atom stereocenters. The van der Waals surface area contributed by atoms with Gasteiger partial charge in [-0.3, -0.25) is 9.59 Å². The van der Waals surface area contributed by atoms with E-state index in [-0.39, 0.29) is 18.4 Å². The van der Waals surface area contributed by atoms with Gasteiger partial charge in [-0.2, -0.15) is 0 Å². The zero-order chi connectivity index (χ0) is 18.6. The maximum absolute atomic E-state index is 12.3. The van der Waals surface area contributed by atoms with E-state index in [9.17, 15) is 9.59 Å². The SMILES string of the molecule is CSc1ccc(Cl)c(C(=O)NCC(=O)Nc2c(C)cc(C)cc2C)c1. The topological polar surface area (TPSA) is 58.2 Å². The van der Waals surface area contributed by atoms with E-state index in [1.165, 1.54) is 11.8 Å². The van der Waals surface area contributed by atoms with Gasteiger partial charge < -0.3 is 10.6 Å². The van der Waals surface area contributed by atoms with Gasteiger partial charge in [-0.25, -0.2) is 0 Å². The Morgan fingerprint density at radius 1 is 1.08 bits per heavy atom. The minimum absolute atomic E-state index is 0.120. The lowest BCUT2D eigenvalue weighted by atomic mass is 10.1. The molecule has 0 aromatic heterocycles. The van der Waals surface area contributed by atoms with Crippen molar-refractivity contribution in [2.24, 2.45) is 0 Å². The predicted octanol–water partition coefficient (Wildman–Crippen LogP) is 4.36. The number of halogens is 1. The molecule has 0 aliphatic heterocycles. The first kappa shape index (κ1) is 19.3. The highest BCUT2D eigenvalue weighted by atomic mass is 35.5. The minimum Gasteiger partial charge on any atom is -0.343 e. The second-order valence-corrected chi connectivity index (χ2v) is 7.14. The first-order valence-electron chi connectivity index (χ1n) is 7.81. The van der Waals surface area contributed by atoms with E-state index >= 15 is 0 Å². The molecule has 0 fully saturated rings. The normalized spacial score (nSPS) is 10.4.